The van der Waals surface area contributed by atoms with E-state index in [1.807, 2.05) is 36.4 Å². The Morgan fingerprint density at radius 1 is 1.00 bits per heavy atom. The Morgan fingerprint density at radius 2 is 1.65 bits per heavy atom. The molecule has 2 aromatic carbocycles. The lowest BCUT2D eigenvalue weighted by molar-refractivity contribution is 0.628. The summed E-state index contributed by atoms with van der Waals surface area (Å²) < 4.78 is 13.0. The molecule has 0 saturated heterocycles. The van der Waals surface area contributed by atoms with Gasteiger partial charge in [0.05, 0.1) is 0 Å². The fourth-order valence-electron chi connectivity index (χ4n) is 1.90. The monoisotopic (exact) mass is 284 g/mol. The SMILES string of the molecule is CC(C)P(C=C=Cc1ccccc1)c1ccc(F)cc1. The molecule has 102 valence electrons. The van der Waals surface area contributed by atoms with E-state index in [1.165, 1.54) is 17.4 Å². The lowest BCUT2D eigenvalue weighted by Gasteiger charge is -2.16. The van der Waals surface area contributed by atoms with E-state index in [1.54, 1.807) is 0 Å². The van der Waals surface area contributed by atoms with Crippen LogP contribution < -0.4 is 5.30 Å². The Kier molecular flexibility index (Phi) is 5.30. The minimum Gasteiger partial charge on any atom is -0.207 e. The van der Waals surface area contributed by atoms with Crippen LogP contribution in [0.15, 0.2) is 66.1 Å². The van der Waals surface area contributed by atoms with E-state index in [0.717, 1.165) is 5.56 Å². The van der Waals surface area contributed by atoms with E-state index in [-0.39, 0.29) is 5.82 Å². The zero-order valence-corrected chi connectivity index (χ0v) is 12.6. The zero-order valence-electron chi connectivity index (χ0n) is 11.8. The quantitative estimate of drug-likeness (QED) is 0.537. The first-order valence-corrected chi connectivity index (χ1v) is 8.16. The Bertz CT molecular complexity index is 593. The Morgan fingerprint density at radius 3 is 2.25 bits per heavy atom. The molecule has 0 aromatic heterocycles. The number of benzene rings is 2. The lowest BCUT2D eigenvalue weighted by atomic mass is 10.2. The molecule has 2 heteroatoms. The highest BCUT2D eigenvalue weighted by molar-refractivity contribution is 7.69. The second kappa shape index (κ2) is 7.20. The summed E-state index contributed by atoms with van der Waals surface area (Å²) in [7, 11) is -0.457. The van der Waals surface area contributed by atoms with Crippen LogP contribution in [-0.4, -0.2) is 5.66 Å². The molecule has 2 aromatic rings. The van der Waals surface area contributed by atoms with Crippen molar-refractivity contribution in [3.8, 4) is 0 Å². The second-order valence-electron chi connectivity index (χ2n) is 4.83. The Labute approximate surface area is 121 Å². The van der Waals surface area contributed by atoms with Gasteiger partial charge in [0.15, 0.2) is 0 Å². The predicted octanol–water partition coefficient (Wildman–Crippen LogP) is 5.17. The predicted molar refractivity (Wildman–Crippen MR) is 87.1 cm³/mol. The van der Waals surface area contributed by atoms with Crippen LogP contribution in [0, 0.1) is 5.82 Å². The smallest absolute Gasteiger partial charge is 0.123 e. The molecule has 1 atom stereocenters. The average molecular weight is 284 g/mol. The summed E-state index contributed by atoms with van der Waals surface area (Å²) in [6, 6.07) is 16.9. The maximum atomic E-state index is 13.0. The molecule has 0 bridgehead atoms. The molecule has 0 spiro atoms. The van der Waals surface area contributed by atoms with Crippen molar-refractivity contribution in [3.63, 3.8) is 0 Å². The molecule has 0 aliphatic heterocycles. The van der Waals surface area contributed by atoms with Gasteiger partial charge in [0, 0.05) is 0 Å². The molecule has 0 saturated carbocycles. The van der Waals surface area contributed by atoms with Crippen LogP contribution >= 0.6 is 7.92 Å². The van der Waals surface area contributed by atoms with Gasteiger partial charge < -0.3 is 0 Å². The van der Waals surface area contributed by atoms with Crippen LogP contribution in [0.5, 0.6) is 0 Å². The number of hydrogen-bond donors (Lipinski definition) is 0. The third-order valence-electron chi connectivity index (χ3n) is 2.94. The minimum atomic E-state index is -0.457. The first-order chi connectivity index (χ1) is 9.66. The summed E-state index contributed by atoms with van der Waals surface area (Å²) >= 11 is 0. The standard InChI is InChI=1S/C18H18FP/c1-15(2)20(18-12-10-17(19)11-13-18)14-6-9-16-7-4-3-5-8-16/h3-5,7-15H,1-2H3. The molecule has 0 aliphatic carbocycles. The number of halogens is 1. The van der Waals surface area contributed by atoms with Crippen LogP contribution in [0.2, 0.25) is 0 Å². The van der Waals surface area contributed by atoms with Gasteiger partial charge in [-0.2, -0.15) is 0 Å². The van der Waals surface area contributed by atoms with Crippen LogP contribution in [0.4, 0.5) is 4.39 Å². The van der Waals surface area contributed by atoms with Crippen LogP contribution in [-0.2, 0) is 0 Å². The fraction of sp³-hybridized carbons (Fsp3) is 0.167. The molecule has 20 heavy (non-hydrogen) atoms. The van der Waals surface area contributed by atoms with Gasteiger partial charge in [0.25, 0.3) is 0 Å². The first kappa shape index (κ1) is 14.7. The van der Waals surface area contributed by atoms with Crippen molar-refractivity contribution in [1.82, 2.24) is 0 Å². The van der Waals surface area contributed by atoms with Crippen molar-refractivity contribution in [1.29, 1.82) is 0 Å². The molecule has 0 aliphatic rings. The molecule has 0 amide bonds. The topological polar surface area (TPSA) is 0 Å². The van der Waals surface area contributed by atoms with Crippen molar-refractivity contribution >= 4 is 19.3 Å². The molecule has 0 heterocycles. The first-order valence-electron chi connectivity index (χ1n) is 6.68. The molecular weight excluding hydrogens is 266 g/mol. The van der Waals surface area contributed by atoms with Gasteiger partial charge in [-0.25, -0.2) is 4.39 Å². The van der Waals surface area contributed by atoms with Gasteiger partial charge in [-0.05, 0) is 48.5 Å². The highest BCUT2D eigenvalue weighted by Crippen LogP contribution is 2.41. The van der Waals surface area contributed by atoms with E-state index in [0.29, 0.717) is 5.66 Å². The fourth-order valence-corrected chi connectivity index (χ4v) is 3.67. The number of rotatable bonds is 4. The van der Waals surface area contributed by atoms with Gasteiger partial charge in [0.1, 0.15) is 5.82 Å². The summed E-state index contributed by atoms with van der Waals surface area (Å²) in [5, 5.41) is 1.19. The Balaban J connectivity index is 2.22. The third-order valence-corrected chi connectivity index (χ3v) is 5.38. The highest BCUT2D eigenvalue weighted by atomic mass is 31.1. The third kappa shape index (κ3) is 4.17. The van der Waals surface area contributed by atoms with Gasteiger partial charge in [0.2, 0.25) is 0 Å². The molecular formula is C18H18FP. The molecule has 0 nitrogen and oxygen atoms in total. The summed E-state index contributed by atoms with van der Waals surface area (Å²) in [5.41, 5.74) is 4.93. The minimum absolute atomic E-state index is 0.184. The van der Waals surface area contributed by atoms with Gasteiger partial charge in [-0.3, -0.25) is 0 Å². The van der Waals surface area contributed by atoms with Crippen LogP contribution in [0.25, 0.3) is 6.08 Å². The maximum absolute atomic E-state index is 13.0. The van der Waals surface area contributed by atoms with E-state index in [2.05, 4.69) is 37.5 Å². The van der Waals surface area contributed by atoms with Crippen molar-refractivity contribution in [3.05, 3.63) is 77.5 Å². The molecule has 0 fully saturated rings. The highest BCUT2D eigenvalue weighted by Gasteiger charge is 2.11. The van der Waals surface area contributed by atoms with Crippen LogP contribution in [0.1, 0.15) is 19.4 Å². The van der Waals surface area contributed by atoms with E-state index in [9.17, 15) is 4.39 Å². The maximum Gasteiger partial charge on any atom is 0.123 e. The number of hydrogen-bond acceptors (Lipinski definition) is 0. The van der Waals surface area contributed by atoms with E-state index >= 15 is 0 Å². The van der Waals surface area contributed by atoms with E-state index < -0.39 is 7.92 Å². The van der Waals surface area contributed by atoms with Gasteiger partial charge >= 0.3 is 0 Å². The van der Waals surface area contributed by atoms with Crippen molar-refractivity contribution in [2.24, 2.45) is 0 Å². The van der Waals surface area contributed by atoms with Crippen molar-refractivity contribution < 1.29 is 4.39 Å². The molecule has 1 unspecified atom stereocenters. The Hall–Kier alpha value is -1.68. The van der Waals surface area contributed by atoms with Crippen molar-refractivity contribution in [2.75, 3.05) is 0 Å². The normalized spacial score (nSPS) is 11.8. The molecule has 0 radical (unpaired) electrons. The molecule has 0 N–H and O–H groups in total. The van der Waals surface area contributed by atoms with E-state index in [4.69, 9.17) is 0 Å². The average Bonchev–Trinajstić information content (AvgIpc) is 2.46. The summed E-state index contributed by atoms with van der Waals surface area (Å²) in [4.78, 5) is 0. The molecule has 2 rings (SSSR count). The van der Waals surface area contributed by atoms with Gasteiger partial charge in [-0.15, -0.1) is 5.73 Å². The summed E-state index contributed by atoms with van der Waals surface area (Å²) in [6.45, 7) is 4.38. The summed E-state index contributed by atoms with van der Waals surface area (Å²) in [5.74, 6) is 1.94. The lowest BCUT2D eigenvalue weighted by Crippen LogP contribution is -2.05. The van der Waals surface area contributed by atoms with Crippen molar-refractivity contribution in [2.45, 2.75) is 19.5 Å². The van der Waals surface area contributed by atoms with Gasteiger partial charge in [-0.1, -0.05) is 56.3 Å². The second-order valence-corrected chi connectivity index (χ2v) is 7.45. The largest absolute Gasteiger partial charge is 0.207 e. The summed E-state index contributed by atoms with van der Waals surface area (Å²) in [6.07, 6.45) is 1.99. The van der Waals surface area contributed by atoms with Crippen LogP contribution in [0.3, 0.4) is 0 Å². The zero-order chi connectivity index (χ0) is 14.4.